The molecule has 0 aromatic carbocycles. The molecule has 5 nitrogen and oxygen atoms in total. The number of hydrogen-bond donors (Lipinski definition) is 0. The first kappa shape index (κ1) is 14.8. The third kappa shape index (κ3) is 3.61. The number of ether oxygens (including phenoxy) is 2. The van der Waals surface area contributed by atoms with E-state index < -0.39 is 30.1 Å². The Labute approximate surface area is 111 Å². The van der Waals surface area contributed by atoms with Crippen molar-refractivity contribution in [3.8, 4) is 6.07 Å². The van der Waals surface area contributed by atoms with Crippen LogP contribution in [0.15, 0.2) is 0 Å². The molecule has 0 aromatic heterocycles. The fraction of sp³-hybridized carbons (Fsp3) is 0.750. The van der Waals surface area contributed by atoms with Crippen LogP contribution in [0, 0.1) is 23.2 Å². The Kier molecular flexibility index (Phi) is 5.42. The van der Waals surface area contributed by atoms with E-state index in [1.54, 1.807) is 0 Å². The molecule has 0 amide bonds. The maximum absolute atomic E-state index is 11.0. The van der Waals surface area contributed by atoms with Crippen molar-refractivity contribution in [2.24, 2.45) is 11.8 Å². The van der Waals surface area contributed by atoms with E-state index in [-0.39, 0.29) is 5.92 Å². The minimum atomic E-state index is -0.523. The quantitative estimate of drug-likeness (QED) is 0.575. The van der Waals surface area contributed by atoms with Crippen LogP contribution in [0.3, 0.4) is 0 Å². The van der Waals surface area contributed by atoms with E-state index in [0.717, 1.165) is 0 Å². The second-order valence-corrected chi connectivity index (χ2v) is 4.71. The standard InChI is InChI=1S/C12H16ClNO4/c1-7(15)17-11-5-12(18-8(2)16)10(6-14)9(11)3-4-13/h9-12H,3-5H2,1-2H3. The van der Waals surface area contributed by atoms with Gasteiger partial charge in [0.15, 0.2) is 0 Å². The number of rotatable bonds is 4. The summed E-state index contributed by atoms with van der Waals surface area (Å²) >= 11 is 5.70. The van der Waals surface area contributed by atoms with Gasteiger partial charge in [0.2, 0.25) is 0 Å². The first-order valence-electron chi connectivity index (χ1n) is 5.79. The zero-order valence-electron chi connectivity index (χ0n) is 10.4. The normalized spacial score (nSPS) is 30.6. The minimum absolute atomic E-state index is 0.180. The van der Waals surface area contributed by atoms with E-state index in [0.29, 0.717) is 18.7 Å². The molecule has 1 saturated carbocycles. The number of nitriles is 1. The average Bonchev–Trinajstić information content (AvgIpc) is 2.55. The maximum atomic E-state index is 11.0. The Morgan fingerprint density at radius 3 is 2.28 bits per heavy atom. The first-order chi connectivity index (χ1) is 8.49. The Morgan fingerprint density at radius 1 is 1.28 bits per heavy atom. The van der Waals surface area contributed by atoms with Gasteiger partial charge in [-0.1, -0.05) is 0 Å². The van der Waals surface area contributed by atoms with Gasteiger partial charge in [0.1, 0.15) is 12.2 Å². The molecule has 0 heterocycles. The van der Waals surface area contributed by atoms with Gasteiger partial charge in [-0.2, -0.15) is 5.26 Å². The summed E-state index contributed by atoms with van der Waals surface area (Å²) in [6, 6.07) is 2.13. The molecule has 1 fully saturated rings. The van der Waals surface area contributed by atoms with Crippen LogP contribution in [0.4, 0.5) is 0 Å². The summed E-state index contributed by atoms with van der Waals surface area (Å²) in [7, 11) is 0. The molecule has 0 N–H and O–H groups in total. The molecule has 0 bridgehead atoms. The lowest BCUT2D eigenvalue weighted by Crippen LogP contribution is -2.25. The van der Waals surface area contributed by atoms with E-state index in [4.69, 9.17) is 21.1 Å². The van der Waals surface area contributed by atoms with Crippen LogP contribution in [0.5, 0.6) is 0 Å². The molecule has 0 saturated heterocycles. The minimum Gasteiger partial charge on any atom is -0.462 e. The Morgan fingerprint density at radius 2 is 1.83 bits per heavy atom. The van der Waals surface area contributed by atoms with E-state index in [9.17, 15) is 14.9 Å². The largest absolute Gasteiger partial charge is 0.462 e. The summed E-state index contributed by atoms with van der Waals surface area (Å²) in [6.07, 6.45) is -0.0191. The molecule has 100 valence electrons. The molecule has 18 heavy (non-hydrogen) atoms. The lowest BCUT2D eigenvalue weighted by molar-refractivity contribution is -0.149. The van der Waals surface area contributed by atoms with Crippen LogP contribution in [-0.4, -0.2) is 30.0 Å². The number of alkyl halides is 1. The number of esters is 2. The van der Waals surface area contributed by atoms with E-state index in [1.165, 1.54) is 13.8 Å². The molecule has 4 unspecified atom stereocenters. The molecule has 6 heteroatoms. The zero-order chi connectivity index (χ0) is 13.7. The van der Waals surface area contributed by atoms with E-state index in [2.05, 4.69) is 6.07 Å². The van der Waals surface area contributed by atoms with Gasteiger partial charge in [-0.15, -0.1) is 11.6 Å². The maximum Gasteiger partial charge on any atom is 0.302 e. The zero-order valence-corrected chi connectivity index (χ0v) is 11.1. The smallest absolute Gasteiger partial charge is 0.302 e. The predicted octanol–water partition coefficient (Wildman–Crippen LogP) is 1.64. The number of carbonyl (C=O) groups excluding carboxylic acids is 2. The molecule has 0 radical (unpaired) electrons. The van der Waals surface area contributed by atoms with Gasteiger partial charge in [-0.05, 0) is 6.42 Å². The molecule has 0 aliphatic heterocycles. The monoisotopic (exact) mass is 273 g/mol. The van der Waals surface area contributed by atoms with Crippen LogP contribution in [-0.2, 0) is 19.1 Å². The lowest BCUT2D eigenvalue weighted by atomic mass is 9.92. The predicted molar refractivity (Wildman–Crippen MR) is 63.7 cm³/mol. The van der Waals surface area contributed by atoms with Crippen molar-refractivity contribution in [1.82, 2.24) is 0 Å². The highest BCUT2D eigenvalue weighted by Gasteiger charge is 2.46. The highest BCUT2D eigenvalue weighted by Crippen LogP contribution is 2.38. The fourth-order valence-electron chi connectivity index (χ4n) is 2.41. The van der Waals surface area contributed by atoms with E-state index in [1.807, 2.05) is 0 Å². The van der Waals surface area contributed by atoms with Crippen LogP contribution in [0.25, 0.3) is 0 Å². The summed E-state index contributed by atoms with van der Waals surface area (Å²) in [4.78, 5) is 22.0. The molecule has 0 spiro atoms. The van der Waals surface area contributed by atoms with Crippen molar-refractivity contribution in [3.63, 3.8) is 0 Å². The van der Waals surface area contributed by atoms with Gasteiger partial charge in [0.25, 0.3) is 0 Å². The van der Waals surface area contributed by atoms with Gasteiger partial charge in [-0.25, -0.2) is 0 Å². The van der Waals surface area contributed by atoms with Crippen LogP contribution in [0.2, 0.25) is 0 Å². The molecule has 0 aromatic rings. The molecule has 1 rings (SSSR count). The topological polar surface area (TPSA) is 76.4 Å². The number of carbonyl (C=O) groups is 2. The Bertz CT molecular complexity index is 366. The molecule has 1 aliphatic carbocycles. The van der Waals surface area contributed by atoms with Gasteiger partial charge in [0, 0.05) is 32.1 Å². The van der Waals surface area contributed by atoms with Crippen molar-refractivity contribution >= 4 is 23.5 Å². The van der Waals surface area contributed by atoms with E-state index >= 15 is 0 Å². The van der Waals surface area contributed by atoms with Crippen molar-refractivity contribution < 1.29 is 19.1 Å². The number of hydrogen-bond acceptors (Lipinski definition) is 5. The lowest BCUT2D eigenvalue weighted by Gasteiger charge is -2.20. The molecule has 1 aliphatic rings. The second-order valence-electron chi connectivity index (χ2n) is 4.33. The summed E-state index contributed by atoms with van der Waals surface area (Å²) in [6.45, 7) is 2.61. The molecular weight excluding hydrogens is 258 g/mol. The first-order valence-corrected chi connectivity index (χ1v) is 6.33. The van der Waals surface area contributed by atoms with Crippen molar-refractivity contribution in [2.75, 3.05) is 5.88 Å². The third-order valence-corrected chi connectivity index (χ3v) is 3.25. The summed E-state index contributed by atoms with van der Waals surface area (Å²) in [5.41, 5.74) is 0. The molecule has 4 atom stereocenters. The highest BCUT2D eigenvalue weighted by molar-refractivity contribution is 6.17. The van der Waals surface area contributed by atoms with Crippen molar-refractivity contribution in [1.29, 1.82) is 5.26 Å². The van der Waals surface area contributed by atoms with Gasteiger partial charge >= 0.3 is 11.9 Å². The second kappa shape index (κ2) is 6.60. The van der Waals surface area contributed by atoms with Crippen molar-refractivity contribution in [3.05, 3.63) is 0 Å². The summed E-state index contributed by atoms with van der Waals surface area (Å²) < 4.78 is 10.3. The number of halogens is 1. The van der Waals surface area contributed by atoms with Gasteiger partial charge in [-0.3, -0.25) is 9.59 Å². The van der Waals surface area contributed by atoms with Crippen LogP contribution >= 0.6 is 11.6 Å². The third-order valence-electron chi connectivity index (χ3n) is 3.03. The Balaban J connectivity index is 2.82. The SMILES string of the molecule is CC(=O)OC1CC(OC(C)=O)C(CCCl)C1C#N. The highest BCUT2D eigenvalue weighted by atomic mass is 35.5. The van der Waals surface area contributed by atoms with Gasteiger partial charge < -0.3 is 9.47 Å². The summed E-state index contributed by atoms with van der Waals surface area (Å²) in [5, 5.41) is 9.17. The van der Waals surface area contributed by atoms with Crippen LogP contribution < -0.4 is 0 Å². The summed E-state index contributed by atoms with van der Waals surface area (Å²) in [5.74, 6) is -1.13. The van der Waals surface area contributed by atoms with Gasteiger partial charge in [0.05, 0.1) is 12.0 Å². The number of nitrogens with zero attached hydrogens (tertiary/aromatic N) is 1. The van der Waals surface area contributed by atoms with Crippen molar-refractivity contribution in [2.45, 2.75) is 38.9 Å². The Hall–Kier alpha value is -1.28. The van der Waals surface area contributed by atoms with Crippen LogP contribution in [0.1, 0.15) is 26.7 Å². The average molecular weight is 274 g/mol. The molecular formula is C12H16ClNO4. The fourth-order valence-corrected chi connectivity index (χ4v) is 2.66.